The zero-order valence-corrected chi connectivity index (χ0v) is 10.6. The van der Waals surface area contributed by atoms with Gasteiger partial charge in [-0.1, -0.05) is 18.5 Å². The quantitative estimate of drug-likeness (QED) is 0.244. The molecule has 0 radical (unpaired) electrons. The van der Waals surface area contributed by atoms with Crippen LogP contribution in [0.15, 0.2) is 29.4 Å². The molecule has 0 atom stereocenters. The summed E-state index contributed by atoms with van der Waals surface area (Å²) in [6, 6.07) is 7.03. The minimum atomic E-state index is 0.0875. The molecule has 0 spiro atoms. The predicted molar refractivity (Wildman–Crippen MR) is 70.2 cm³/mol. The van der Waals surface area contributed by atoms with E-state index in [1.165, 1.54) is 0 Å². The molecule has 0 aromatic heterocycles. The fourth-order valence-electron chi connectivity index (χ4n) is 1.35. The Balaban J connectivity index is 2.27. The Hall–Kier alpha value is -1.75. The third kappa shape index (κ3) is 5.05. The van der Waals surface area contributed by atoms with Gasteiger partial charge in [0.05, 0.1) is 6.61 Å². The minimum absolute atomic E-state index is 0.0875. The monoisotopic (exact) mass is 252 g/mol. The fraction of sp³-hybridized carbons (Fsp3) is 0.462. The summed E-state index contributed by atoms with van der Waals surface area (Å²) in [4.78, 5) is 0. The molecule has 0 heterocycles. The van der Waals surface area contributed by atoms with Crippen LogP contribution in [0.3, 0.4) is 0 Å². The summed E-state index contributed by atoms with van der Waals surface area (Å²) in [5, 5.41) is 11.4. The van der Waals surface area contributed by atoms with Crippen molar-refractivity contribution in [3.8, 4) is 5.75 Å². The number of oxime groups is 1. The van der Waals surface area contributed by atoms with Gasteiger partial charge < -0.3 is 20.4 Å². The first-order valence-corrected chi connectivity index (χ1v) is 6.06. The van der Waals surface area contributed by atoms with Gasteiger partial charge in [-0.2, -0.15) is 0 Å². The zero-order chi connectivity index (χ0) is 13.2. The molecular weight excluding hydrogens is 232 g/mol. The highest BCUT2D eigenvalue weighted by atomic mass is 16.5. The van der Waals surface area contributed by atoms with E-state index in [1.54, 1.807) is 24.3 Å². The Kier molecular flexibility index (Phi) is 6.64. The van der Waals surface area contributed by atoms with E-state index in [1.807, 2.05) is 0 Å². The number of hydrogen-bond acceptors (Lipinski definition) is 4. The molecule has 0 fully saturated rings. The van der Waals surface area contributed by atoms with Crippen molar-refractivity contribution in [2.75, 3.05) is 19.8 Å². The van der Waals surface area contributed by atoms with E-state index in [4.69, 9.17) is 20.4 Å². The number of nitrogens with two attached hydrogens (primary N) is 1. The van der Waals surface area contributed by atoms with Crippen molar-refractivity contribution in [1.82, 2.24) is 0 Å². The van der Waals surface area contributed by atoms with Crippen LogP contribution in [-0.2, 0) is 4.74 Å². The normalized spacial score (nSPS) is 11.5. The summed E-state index contributed by atoms with van der Waals surface area (Å²) in [5.74, 6) is 0.827. The number of unbranched alkanes of at least 4 members (excludes halogenated alkanes) is 1. The second-order valence-electron chi connectivity index (χ2n) is 3.82. The smallest absolute Gasteiger partial charge is 0.170 e. The van der Waals surface area contributed by atoms with Gasteiger partial charge in [-0.05, 0) is 30.7 Å². The Morgan fingerprint density at radius 3 is 2.56 bits per heavy atom. The lowest BCUT2D eigenvalue weighted by Crippen LogP contribution is -2.13. The van der Waals surface area contributed by atoms with Crippen LogP contribution >= 0.6 is 0 Å². The molecule has 0 saturated heterocycles. The molecule has 5 nitrogen and oxygen atoms in total. The maximum Gasteiger partial charge on any atom is 0.170 e. The fourth-order valence-corrected chi connectivity index (χ4v) is 1.35. The van der Waals surface area contributed by atoms with Crippen LogP contribution in [0.2, 0.25) is 0 Å². The maximum atomic E-state index is 8.52. The Morgan fingerprint density at radius 2 is 1.94 bits per heavy atom. The molecule has 0 amide bonds. The number of nitrogens with zero attached hydrogens (tertiary/aromatic N) is 1. The lowest BCUT2D eigenvalue weighted by molar-refractivity contribution is 0.0980. The molecule has 0 aliphatic rings. The molecule has 0 aliphatic carbocycles. The standard InChI is InChI=1S/C13H20N2O3/c1-2-3-8-17-9-10-18-12-6-4-11(5-7-12)13(14)15-16/h4-7,16H,2-3,8-10H2,1H3,(H2,14,15). The molecule has 1 aromatic carbocycles. The van der Waals surface area contributed by atoms with E-state index >= 15 is 0 Å². The Morgan fingerprint density at radius 1 is 1.22 bits per heavy atom. The van der Waals surface area contributed by atoms with Gasteiger partial charge in [-0.25, -0.2) is 0 Å². The van der Waals surface area contributed by atoms with Crippen molar-refractivity contribution in [3.63, 3.8) is 0 Å². The molecule has 5 heteroatoms. The zero-order valence-electron chi connectivity index (χ0n) is 10.6. The number of hydrogen-bond donors (Lipinski definition) is 2. The van der Waals surface area contributed by atoms with Gasteiger partial charge in [-0.3, -0.25) is 0 Å². The summed E-state index contributed by atoms with van der Waals surface area (Å²) in [5.41, 5.74) is 6.11. The molecule has 100 valence electrons. The molecule has 3 N–H and O–H groups in total. The summed E-state index contributed by atoms with van der Waals surface area (Å²) < 4.78 is 10.9. The van der Waals surface area contributed by atoms with Crippen LogP contribution in [0, 0.1) is 0 Å². The number of ether oxygens (including phenoxy) is 2. The first-order valence-electron chi connectivity index (χ1n) is 6.06. The summed E-state index contributed by atoms with van der Waals surface area (Å²) >= 11 is 0. The van der Waals surface area contributed by atoms with Crippen molar-refractivity contribution in [3.05, 3.63) is 29.8 Å². The van der Waals surface area contributed by atoms with Gasteiger partial charge in [0.15, 0.2) is 5.84 Å². The van der Waals surface area contributed by atoms with Crippen LogP contribution in [0.1, 0.15) is 25.3 Å². The van der Waals surface area contributed by atoms with Gasteiger partial charge in [0.2, 0.25) is 0 Å². The number of amidine groups is 1. The molecule has 0 saturated carbocycles. The predicted octanol–water partition coefficient (Wildman–Crippen LogP) is 1.98. The highest BCUT2D eigenvalue weighted by Crippen LogP contribution is 2.11. The molecular formula is C13H20N2O3. The molecule has 0 aliphatic heterocycles. The van der Waals surface area contributed by atoms with Gasteiger partial charge in [0.1, 0.15) is 12.4 Å². The summed E-state index contributed by atoms with van der Waals surface area (Å²) in [6.07, 6.45) is 2.21. The van der Waals surface area contributed by atoms with Crippen LogP contribution in [0.25, 0.3) is 0 Å². The lowest BCUT2D eigenvalue weighted by Gasteiger charge is -2.07. The number of rotatable bonds is 8. The molecule has 18 heavy (non-hydrogen) atoms. The van der Waals surface area contributed by atoms with E-state index in [-0.39, 0.29) is 5.84 Å². The van der Waals surface area contributed by atoms with Crippen LogP contribution < -0.4 is 10.5 Å². The third-order valence-corrected chi connectivity index (χ3v) is 2.40. The average molecular weight is 252 g/mol. The van der Waals surface area contributed by atoms with Crippen molar-refractivity contribution in [2.45, 2.75) is 19.8 Å². The van der Waals surface area contributed by atoms with E-state index in [9.17, 15) is 0 Å². The summed E-state index contributed by atoms with van der Waals surface area (Å²) in [7, 11) is 0. The third-order valence-electron chi connectivity index (χ3n) is 2.40. The first kappa shape index (κ1) is 14.3. The lowest BCUT2D eigenvalue weighted by atomic mass is 10.2. The average Bonchev–Trinajstić information content (AvgIpc) is 2.42. The molecule has 1 rings (SSSR count). The van der Waals surface area contributed by atoms with Crippen molar-refractivity contribution in [2.24, 2.45) is 10.9 Å². The summed E-state index contributed by atoms with van der Waals surface area (Å²) in [6.45, 7) is 4.01. The van der Waals surface area contributed by atoms with E-state index in [2.05, 4.69) is 12.1 Å². The van der Waals surface area contributed by atoms with E-state index in [0.29, 0.717) is 18.8 Å². The van der Waals surface area contributed by atoms with Crippen molar-refractivity contribution in [1.29, 1.82) is 0 Å². The first-order chi connectivity index (χ1) is 8.77. The van der Waals surface area contributed by atoms with Gasteiger partial charge >= 0.3 is 0 Å². The van der Waals surface area contributed by atoms with Crippen molar-refractivity contribution < 1.29 is 14.7 Å². The van der Waals surface area contributed by atoms with Gasteiger partial charge in [-0.15, -0.1) is 0 Å². The van der Waals surface area contributed by atoms with E-state index < -0.39 is 0 Å². The molecule has 0 unspecified atom stereocenters. The highest BCUT2D eigenvalue weighted by Gasteiger charge is 1.99. The van der Waals surface area contributed by atoms with Gasteiger partial charge in [0.25, 0.3) is 0 Å². The van der Waals surface area contributed by atoms with Crippen LogP contribution in [0.5, 0.6) is 5.75 Å². The topological polar surface area (TPSA) is 77.1 Å². The number of benzene rings is 1. The highest BCUT2D eigenvalue weighted by molar-refractivity contribution is 5.97. The Bertz CT molecular complexity index is 363. The molecule has 1 aromatic rings. The Labute approximate surface area is 107 Å². The van der Waals surface area contributed by atoms with E-state index in [0.717, 1.165) is 25.2 Å². The molecule has 0 bridgehead atoms. The maximum absolute atomic E-state index is 8.52. The second-order valence-corrected chi connectivity index (χ2v) is 3.82. The van der Waals surface area contributed by atoms with Crippen LogP contribution in [0.4, 0.5) is 0 Å². The van der Waals surface area contributed by atoms with Crippen molar-refractivity contribution >= 4 is 5.84 Å². The van der Waals surface area contributed by atoms with Crippen LogP contribution in [-0.4, -0.2) is 30.9 Å². The minimum Gasteiger partial charge on any atom is -0.491 e. The largest absolute Gasteiger partial charge is 0.491 e. The SMILES string of the molecule is CCCCOCCOc1ccc(/C(N)=N/O)cc1. The van der Waals surface area contributed by atoms with Gasteiger partial charge in [0, 0.05) is 12.2 Å². The second kappa shape index (κ2) is 8.36.